The van der Waals surface area contributed by atoms with Gasteiger partial charge in [0.25, 0.3) is 0 Å². The lowest BCUT2D eigenvalue weighted by molar-refractivity contribution is -0.192. The highest BCUT2D eigenvalue weighted by atomic mass is 19.4. The summed E-state index contributed by atoms with van der Waals surface area (Å²) < 4.78 is 46.7. The van der Waals surface area contributed by atoms with E-state index in [-0.39, 0.29) is 18.4 Å². The number of hydrogen-bond acceptors (Lipinski definition) is 6. The summed E-state index contributed by atoms with van der Waals surface area (Å²) in [6.45, 7) is 2.52. The molecule has 0 saturated carbocycles. The van der Waals surface area contributed by atoms with Crippen molar-refractivity contribution in [3.05, 3.63) is 60.4 Å². The maximum atomic E-state index is 13.4. The van der Waals surface area contributed by atoms with Gasteiger partial charge in [0.1, 0.15) is 12.5 Å². The molecule has 9 nitrogen and oxygen atoms in total. The fraction of sp³-hybridized carbons (Fsp3) is 0.348. The number of carbonyl (C=O) groups excluding carboxylic acids is 1. The summed E-state index contributed by atoms with van der Waals surface area (Å²) in [6, 6.07) is 15.2. The number of carboxylic acid groups (broad SMARTS) is 1. The van der Waals surface area contributed by atoms with Gasteiger partial charge in [0.05, 0.1) is 18.3 Å². The fourth-order valence-electron chi connectivity index (χ4n) is 3.64. The van der Waals surface area contributed by atoms with Gasteiger partial charge < -0.3 is 15.7 Å². The molecule has 0 bridgehead atoms. The van der Waals surface area contributed by atoms with Crippen LogP contribution in [0.2, 0.25) is 0 Å². The number of nitrogens with two attached hydrogens (primary N) is 1. The molecule has 4 rings (SSSR count). The van der Waals surface area contributed by atoms with Crippen molar-refractivity contribution < 1.29 is 32.3 Å². The second-order valence-electron chi connectivity index (χ2n) is 8.21. The quantitative estimate of drug-likeness (QED) is 0.508. The first kappa shape index (κ1) is 26.7. The summed E-state index contributed by atoms with van der Waals surface area (Å²) in [5.74, 6) is -3.11. The normalized spacial score (nSPS) is 17.2. The lowest BCUT2D eigenvalue weighted by Crippen LogP contribution is -2.45. The number of alkyl halides is 4. The molecule has 192 valence electrons. The van der Waals surface area contributed by atoms with E-state index in [0.29, 0.717) is 13.0 Å². The minimum atomic E-state index is -5.08. The van der Waals surface area contributed by atoms with Gasteiger partial charge >= 0.3 is 12.1 Å². The molecule has 1 aliphatic rings. The average molecular weight is 508 g/mol. The van der Waals surface area contributed by atoms with E-state index in [1.54, 1.807) is 11.0 Å². The van der Waals surface area contributed by atoms with Crippen LogP contribution < -0.4 is 5.73 Å². The van der Waals surface area contributed by atoms with Gasteiger partial charge in [0.15, 0.2) is 0 Å². The molecule has 3 N–H and O–H groups in total. The van der Waals surface area contributed by atoms with Crippen molar-refractivity contribution in [2.45, 2.75) is 37.7 Å². The molecule has 2 aromatic carbocycles. The highest BCUT2D eigenvalue weighted by molar-refractivity contribution is 5.83. The van der Waals surface area contributed by atoms with Gasteiger partial charge in [0, 0.05) is 12.5 Å². The Labute approximate surface area is 203 Å². The predicted octanol–water partition coefficient (Wildman–Crippen LogP) is 2.96. The third-order valence-corrected chi connectivity index (χ3v) is 5.74. The van der Waals surface area contributed by atoms with Crippen molar-refractivity contribution in [3.8, 4) is 16.8 Å². The molecule has 0 radical (unpaired) electrons. The number of amides is 1. The van der Waals surface area contributed by atoms with E-state index in [2.05, 4.69) is 15.5 Å². The number of nitrogens with zero attached hydrogens (tertiary/aromatic N) is 5. The first-order valence-electron chi connectivity index (χ1n) is 10.9. The maximum Gasteiger partial charge on any atom is 0.490 e. The van der Waals surface area contributed by atoms with Crippen molar-refractivity contribution >= 4 is 11.9 Å². The van der Waals surface area contributed by atoms with Crippen LogP contribution in [0.5, 0.6) is 0 Å². The molecule has 13 heteroatoms. The molecule has 0 spiro atoms. The summed E-state index contributed by atoms with van der Waals surface area (Å²) in [5.41, 5.74) is 10.1. The Morgan fingerprint density at radius 3 is 2.33 bits per heavy atom. The highest BCUT2D eigenvalue weighted by Gasteiger charge is 2.38. The molecule has 1 aliphatic heterocycles. The van der Waals surface area contributed by atoms with Crippen molar-refractivity contribution in [2.24, 2.45) is 5.73 Å². The number of hydrogen-bond donors (Lipinski definition) is 2. The molecule has 36 heavy (non-hydrogen) atoms. The Kier molecular flexibility index (Phi) is 8.35. The van der Waals surface area contributed by atoms with Crippen molar-refractivity contribution in [3.63, 3.8) is 0 Å². The van der Waals surface area contributed by atoms with E-state index < -0.39 is 24.4 Å². The zero-order chi connectivity index (χ0) is 26.5. The van der Waals surface area contributed by atoms with Crippen LogP contribution in [0, 0.1) is 0 Å². The van der Waals surface area contributed by atoms with E-state index in [0.717, 1.165) is 22.4 Å². The number of likely N-dealkylation sites (tertiary alicyclic amines) is 1. The number of carboxylic acids is 1. The number of carbonyl (C=O) groups is 2. The minimum Gasteiger partial charge on any atom is -0.475 e. The molecule has 3 atom stereocenters. The number of tetrazole rings is 1. The van der Waals surface area contributed by atoms with E-state index in [1.807, 2.05) is 55.5 Å². The summed E-state index contributed by atoms with van der Waals surface area (Å²) in [6.07, 6.45) is -4.08. The van der Waals surface area contributed by atoms with Crippen LogP contribution in [-0.4, -0.2) is 73.6 Å². The molecule has 1 aromatic heterocycles. The second-order valence-corrected chi connectivity index (χ2v) is 8.21. The van der Waals surface area contributed by atoms with Gasteiger partial charge in [-0.3, -0.25) is 4.79 Å². The first-order chi connectivity index (χ1) is 17.0. The second kappa shape index (κ2) is 11.2. The summed E-state index contributed by atoms with van der Waals surface area (Å²) >= 11 is 0. The summed E-state index contributed by atoms with van der Waals surface area (Å²) in [5, 5.41) is 18.4. The third kappa shape index (κ3) is 6.62. The van der Waals surface area contributed by atoms with Gasteiger partial charge in [0.2, 0.25) is 5.91 Å². The molecule has 0 aliphatic carbocycles. The van der Waals surface area contributed by atoms with Gasteiger partial charge in [-0.05, 0) is 45.7 Å². The van der Waals surface area contributed by atoms with Crippen LogP contribution in [0.15, 0.2) is 54.9 Å². The topological polar surface area (TPSA) is 127 Å². The number of aliphatic carboxylic acids is 1. The zero-order valence-electron chi connectivity index (χ0n) is 19.1. The molecular weight excluding hydrogens is 484 g/mol. The summed E-state index contributed by atoms with van der Waals surface area (Å²) in [7, 11) is 0. The lowest BCUT2D eigenvalue weighted by atomic mass is 9.91. The lowest BCUT2D eigenvalue weighted by Gasteiger charge is -2.25. The van der Waals surface area contributed by atoms with Gasteiger partial charge in [-0.1, -0.05) is 43.3 Å². The molecule has 1 amide bonds. The monoisotopic (exact) mass is 508 g/mol. The largest absolute Gasteiger partial charge is 0.490 e. The Balaban J connectivity index is 0.000000454. The molecule has 0 unspecified atom stereocenters. The predicted molar refractivity (Wildman–Crippen MR) is 121 cm³/mol. The molecule has 1 fully saturated rings. The third-order valence-electron chi connectivity index (χ3n) is 5.74. The number of aromatic nitrogens is 4. The van der Waals surface area contributed by atoms with Crippen LogP contribution in [0.4, 0.5) is 17.6 Å². The Morgan fingerprint density at radius 1 is 1.14 bits per heavy atom. The van der Waals surface area contributed by atoms with E-state index in [4.69, 9.17) is 15.6 Å². The van der Waals surface area contributed by atoms with Crippen LogP contribution in [0.3, 0.4) is 0 Å². The Morgan fingerprint density at radius 2 is 1.81 bits per heavy atom. The SMILES string of the molecule is C[C@@H](c1ccc(-c2cccc(-n3cnnn3)c2)cc1)[C@H](N)C(=O)N1CC[C@H](F)C1.O=C(O)C(F)(F)F. The Bertz CT molecular complexity index is 1170. The zero-order valence-corrected chi connectivity index (χ0v) is 19.1. The first-order valence-corrected chi connectivity index (χ1v) is 10.9. The molecule has 3 aromatic rings. The van der Waals surface area contributed by atoms with Crippen molar-refractivity contribution in [1.29, 1.82) is 0 Å². The maximum absolute atomic E-state index is 13.4. The fourth-order valence-corrected chi connectivity index (χ4v) is 3.64. The smallest absolute Gasteiger partial charge is 0.475 e. The van der Waals surface area contributed by atoms with Crippen LogP contribution in [0.1, 0.15) is 24.8 Å². The van der Waals surface area contributed by atoms with Gasteiger partial charge in [-0.25, -0.2) is 13.9 Å². The number of benzene rings is 2. The Hall–Kier alpha value is -3.87. The van der Waals surface area contributed by atoms with Gasteiger partial charge in [-0.2, -0.15) is 13.2 Å². The van der Waals surface area contributed by atoms with Crippen molar-refractivity contribution in [2.75, 3.05) is 13.1 Å². The number of halogens is 4. The van der Waals surface area contributed by atoms with E-state index >= 15 is 0 Å². The summed E-state index contributed by atoms with van der Waals surface area (Å²) in [4.78, 5) is 23.0. The van der Waals surface area contributed by atoms with E-state index in [9.17, 15) is 22.4 Å². The molecular formula is C23H24F4N6O3. The van der Waals surface area contributed by atoms with Crippen LogP contribution >= 0.6 is 0 Å². The van der Waals surface area contributed by atoms with Crippen molar-refractivity contribution in [1.82, 2.24) is 25.1 Å². The minimum absolute atomic E-state index is 0.149. The number of rotatable bonds is 5. The van der Waals surface area contributed by atoms with E-state index in [1.165, 1.54) is 4.90 Å². The highest BCUT2D eigenvalue weighted by Crippen LogP contribution is 2.26. The van der Waals surface area contributed by atoms with Crippen LogP contribution in [-0.2, 0) is 9.59 Å². The standard InChI is InChI=1S/C21H23FN6O.C2HF3O2/c1-14(20(23)21(29)27-10-9-18(22)12-27)15-5-7-16(8-6-15)17-3-2-4-19(11-17)28-13-24-25-26-28;3-2(4,5)1(6)7/h2-8,11,13-14,18,20H,9-10,12,23H2,1H3;(H,6,7)/t14-,18-,20-;/m0./s1. The molecule has 1 saturated heterocycles. The average Bonchev–Trinajstić information content (AvgIpc) is 3.55. The molecule has 2 heterocycles. The van der Waals surface area contributed by atoms with Gasteiger partial charge in [-0.15, -0.1) is 5.10 Å². The van der Waals surface area contributed by atoms with Crippen LogP contribution in [0.25, 0.3) is 16.8 Å².